The smallest absolute Gasteiger partial charge is 0.419 e. The third-order valence-electron chi connectivity index (χ3n) is 6.41. The molecule has 2 aromatic rings. The van der Waals surface area contributed by atoms with E-state index in [9.17, 15) is 9.59 Å². The van der Waals surface area contributed by atoms with E-state index in [0.29, 0.717) is 12.2 Å². The molecular formula is C24H28N2O3. The van der Waals surface area contributed by atoms with Crippen LogP contribution in [0.3, 0.4) is 0 Å². The number of carbonyl (C=O) groups is 2. The molecule has 5 heteroatoms. The van der Waals surface area contributed by atoms with Crippen molar-refractivity contribution in [3.8, 4) is 0 Å². The number of carbonyl (C=O) groups excluding carboxylic acids is 2. The van der Waals surface area contributed by atoms with E-state index in [0.717, 1.165) is 60.8 Å². The Bertz CT molecular complexity index is 1050. The van der Waals surface area contributed by atoms with Gasteiger partial charge in [-0.15, -0.1) is 0 Å². The van der Waals surface area contributed by atoms with Gasteiger partial charge < -0.3 is 9.64 Å². The minimum Gasteiger partial charge on any atom is -0.443 e. The van der Waals surface area contributed by atoms with Gasteiger partial charge in [0, 0.05) is 29.6 Å². The number of benzene rings is 1. The minimum atomic E-state index is -0.554. The molecule has 3 aliphatic rings. The molecule has 0 amide bonds. The van der Waals surface area contributed by atoms with Crippen LogP contribution in [-0.2, 0) is 16.0 Å². The van der Waals surface area contributed by atoms with Gasteiger partial charge in [0.15, 0.2) is 5.78 Å². The second kappa shape index (κ2) is 6.48. The molecule has 152 valence electrons. The van der Waals surface area contributed by atoms with Gasteiger partial charge in [-0.3, -0.25) is 4.79 Å². The molecule has 0 spiro atoms. The Morgan fingerprint density at radius 2 is 1.90 bits per heavy atom. The van der Waals surface area contributed by atoms with E-state index in [1.807, 2.05) is 43.5 Å². The average Bonchev–Trinajstić information content (AvgIpc) is 3.01. The van der Waals surface area contributed by atoms with Gasteiger partial charge in [-0.25, -0.2) is 9.36 Å². The van der Waals surface area contributed by atoms with Crippen LogP contribution in [0.15, 0.2) is 35.5 Å². The molecule has 5 rings (SSSR count). The predicted molar refractivity (Wildman–Crippen MR) is 112 cm³/mol. The van der Waals surface area contributed by atoms with Crippen LogP contribution in [0.25, 0.3) is 10.9 Å². The van der Waals surface area contributed by atoms with Gasteiger partial charge in [0.2, 0.25) is 0 Å². The van der Waals surface area contributed by atoms with Crippen LogP contribution >= 0.6 is 0 Å². The normalized spacial score (nSPS) is 21.7. The second-order valence-corrected chi connectivity index (χ2v) is 9.40. The number of hydrogen-bond donors (Lipinski definition) is 0. The van der Waals surface area contributed by atoms with E-state index in [4.69, 9.17) is 4.74 Å². The van der Waals surface area contributed by atoms with Crippen molar-refractivity contribution >= 4 is 22.8 Å². The second-order valence-electron chi connectivity index (χ2n) is 9.40. The quantitative estimate of drug-likeness (QED) is 0.624. The van der Waals surface area contributed by atoms with E-state index in [-0.39, 0.29) is 12.1 Å². The summed E-state index contributed by atoms with van der Waals surface area (Å²) in [6.07, 6.45) is 4.84. The first kappa shape index (κ1) is 18.5. The Morgan fingerprint density at radius 3 is 2.69 bits per heavy atom. The molecular weight excluding hydrogens is 364 g/mol. The van der Waals surface area contributed by atoms with E-state index < -0.39 is 5.60 Å². The number of rotatable bonds is 0. The van der Waals surface area contributed by atoms with Gasteiger partial charge in [0.1, 0.15) is 5.60 Å². The summed E-state index contributed by atoms with van der Waals surface area (Å²) in [5.74, 6) is 0.322. The van der Waals surface area contributed by atoms with Crippen LogP contribution in [0.5, 0.6) is 0 Å². The van der Waals surface area contributed by atoms with Crippen LogP contribution < -0.4 is 0 Å². The Morgan fingerprint density at radius 1 is 1.10 bits per heavy atom. The average molecular weight is 392 g/mol. The third-order valence-corrected chi connectivity index (χ3v) is 6.41. The maximum atomic E-state index is 13.3. The lowest BCUT2D eigenvalue weighted by Gasteiger charge is -2.45. The largest absolute Gasteiger partial charge is 0.443 e. The lowest BCUT2D eigenvalue weighted by molar-refractivity contribution is -0.116. The van der Waals surface area contributed by atoms with Gasteiger partial charge in [0.05, 0.1) is 17.3 Å². The topological polar surface area (TPSA) is 51.5 Å². The molecule has 1 aromatic heterocycles. The van der Waals surface area contributed by atoms with Crippen LogP contribution in [0, 0.1) is 0 Å². The van der Waals surface area contributed by atoms with Crippen molar-refractivity contribution in [3.05, 3.63) is 46.8 Å². The molecule has 3 heterocycles. The first-order valence-corrected chi connectivity index (χ1v) is 10.7. The molecule has 0 bridgehead atoms. The number of Topliss-reactive ketones (excluding diaryl/α,β-unsaturated/α-hetero) is 1. The third kappa shape index (κ3) is 2.90. The van der Waals surface area contributed by atoms with Gasteiger partial charge in [-0.2, -0.15) is 0 Å². The van der Waals surface area contributed by atoms with Gasteiger partial charge >= 0.3 is 6.09 Å². The molecule has 1 atom stereocenters. The Hall–Kier alpha value is -2.56. The summed E-state index contributed by atoms with van der Waals surface area (Å²) < 4.78 is 7.61. The minimum absolute atomic E-state index is 0.128. The summed E-state index contributed by atoms with van der Waals surface area (Å²) in [6, 6.07) is 8.27. The highest BCUT2D eigenvalue weighted by Gasteiger charge is 2.40. The lowest BCUT2D eigenvalue weighted by atomic mass is 9.82. The fraction of sp³-hybridized carbons (Fsp3) is 0.500. The summed E-state index contributed by atoms with van der Waals surface area (Å²) in [4.78, 5) is 28.1. The van der Waals surface area contributed by atoms with Gasteiger partial charge in [0.25, 0.3) is 0 Å². The van der Waals surface area contributed by atoms with Crippen LogP contribution in [0.4, 0.5) is 4.79 Å². The van der Waals surface area contributed by atoms with E-state index >= 15 is 0 Å². The molecule has 0 N–H and O–H groups in total. The molecule has 0 saturated carbocycles. The van der Waals surface area contributed by atoms with Crippen LogP contribution in [-0.4, -0.2) is 33.5 Å². The molecule has 1 unspecified atom stereocenters. The molecule has 1 aliphatic carbocycles. The lowest BCUT2D eigenvalue weighted by Crippen LogP contribution is -2.41. The molecule has 29 heavy (non-hydrogen) atoms. The number of fused-ring (bicyclic) bond motifs is 6. The molecule has 0 fully saturated rings. The number of aromatic nitrogens is 1. The van der Waals surface area contributed by atoms with Crippen molar-refractivity contribution in [2.45, 2.75) is 70.9 Å². The number of para-hydroxylation sites is 1. The number of ether oxygens (including phenoxy) is 1. The summed E-state index contributed by atoms with van der Waals surface area (Å²) >= 11 is 0. The van der Waals surface area contributed by atoms with Crippen molar-refractivity contribution in [2.75, 3.05) is 6.54 Å². The number of nitrogens with zero attached hydrogens (tertiary/aromatic N) is 2. The Labute approximate surface area is 171 Å². The first-order chi connectivity index (χ1) is 13.8. The molecule has 5 nitrogen and oxygen atoms in total. The van der Waals surface area contributed by atoms with E-state index in [1.165, 1.54) is 11.3 Å². The standard InChI is InChI=1S/C24H28N2O3/c1-24(2,3)29-23(28)26-19-8-5-4-7-15(19)16-13-14-25-18-9-6-10-21(27)17(18)11-12-20(25)22(16)26/h4-5,7-8,20H,6,9-14H2,1-3H3. The number of allylic oxidation sites excluding steroid dienone is 2. The summed E-state index contributed by atoms with van der Waals surface area (Å²) in [5, 5.41) is 1.15. The SMILES string of the molecule is CC(C)(C)OC(=O)n1c2c(c3ccccc31)CCN1C3=C(CCC21)C(=O)CCC3. The summed E-state index contributed by atoms with van der Waals surface area (Å²) in [5.41, 5.74) is 4.96. The fourth-order valence-corrected chi connectivity index (χ4v) is 5.36. The van der Waals surface area contributed by atoms with Gasteiger partial charge in [-0.05, 0) is 64.5 Å². The summed E-state index contributed by atoms with van der Waals surface area (Å²) in [7, 11) is 0. The predicted octanol–water partition coefficient (Wildman–Crippen LogP) is 5.12. The maximum Gasteiger partial charge on any atom is 0.419 e. The van der Waals surface area contributed by atoms with Crippen LogP contribution in [0.2, 0.25) is 0 Å². The number of hydrogen-bond acceptors (Lipinski definition) is 4. The van der Waals surface area contributed by atoms with Crippen molar-refractivity contribution in [2.24, 2.45) is 0 Å². The van der Waals surface area contributed by atoms with Crippen LogP contribution in [0.1, 0.15) is 70.2 Å². The van der Waals surface area contributed by atoms with Crippen molar-refractivity contribution in [3.63, 3.8) is 0 Å². The van der Waals surface area contributed by atoms with Crippen molar-refractivity contribution < 1.29 is 14.3 Å². The Kier molecular flexibility index (Phi) is 4.12. The van der Waals surface area contributed by atoms with Crippen molar-refractivity contribution in [1.82, 2.24) is 9.47 Å². The molecule has 2 aliphatic heterocycles. The fourth-order valence-electron chi connectivity index (χ4n) is 5.36. The first-order valence-electron chi connectivity index (χ1n) is 10.7. The highest BCUT2D eigenvalue weighted by molar-refractivity contribution is 5.97. The molecule has 0 saturated heterocycles. The van der Waals surface area contributed by atoms with Gasteiger partial charge in [-0.1, -0.05) is 18.2 Å². The zero-order valence-electron chi connectivity index (χ0n) is 17.5. The Balaban J connectivity index is 1.67. The highest BCUT2D eigenvalue weighted by atomic mass is 16.6. The van der Waals surface area contributed by atoms with Crippen molar-refractivity contribution in [1.29, 1.82) is 0 Å². The van der Waals surface area contributed by atoms with E-state index in [2.05, 4.69) is 11.0 Å². The zero-order chi connectivity index (χ0) is 20.3. The monoisotopic (exact) mass is 392 g/mol. The van der Waals surface area contributed by atoms with E-state index in [1.54, 1.807) is 0 Å². The zero-order valence-corrected chi connectivity index (χ0v) is 17.5. The highest BCUT2D eigenvalue weighted by Crippen LogP contribution is 2.47. The summed E-state index contributed by atoms with van der Waals surface area (Å²) in [6.45, 7) is 6.62. The number of ketones is 1. The molecule has 0 radical (unpaired) electrons. The maximum absolute atomic E-state index is 13.3. The molecule has 1 aromatic carbocycles.